The Morgan fingerprint density at radius 2 is 2.28 bits per heavy atom. The molecule has 0 radical (unpaired) electrons. The van der Waals surface area contributed by atoms with Crippen LogP contribution in [0.2, 0.25) is 0 Å². The fraction of sp³-hybridized carbons (Fsp3) is 0.600. The van der Waals surface area contributed by atoms with Crippen molar-refractivity contribution in [1.29, 1.82) is 0 Å². The summed E-state index contributed by atoms with van der Waals surface area (Å²) in [7, 11) is -3.72. The van der Waals surface area contributed by atoms with E-state index in [-0.39, 0.29) is 5.03 Å². The van der Waals surface area contributed by atoms with E-state index in [1.165, 1.54) is 10.5 Å². The van der Waals surface area contributed by atoms with E-state index < -0.39 is 22.0 Å². The van der Waals surface area contributed by atoms with Crippen LogP contribution in [0.25, 0.3) is 0 Å². The van der Waals surface area contributed by atoms with Crippen molar-refractivity contribution < 1.29 is 13.2 Å². The van der Waals surface area contributed by atoms with Crippen LogP contribution < -0.4 is 5.73 Å². The largest absolute Gasteiger partial charge is 0.368 e. The van der Waals surface area contributed by atoms with Gasteiger partial charge in [-0.3, -0.25) is 4.79 Å². The van der Waals surface area contributed by atoms with Gasteiger partial charge in [-0.05, 0) is 19.8 Å². The van der Waals surface area contributed by atoms with Gasteiger partial charge in [0.2, 0.25) is 5.91 Å². The van der Waals surface area contributed by atoms with Crippen molar-refractivity contribution in [2.24, 2.45) is 5.73 Å². The van der Waals surface area contributed by atoms with Gasteiger partial charge >= 0.3 is 0 Å². The molecular formula is C10H16N4O3S. The van der Waals surface area contributed by atoms with Crippen molar-refractivity contribution in [1.82, 2.24) is 14.3 Å². The van der Waals surface area contributed by atoms with E-state index in [9.17, 15) is 13.2 Å². The Morgan fingerprint density at radius 1 is 1.56 bits per heavy atom. The van der Waals surface area contributed by atoms with E-state index in [2.05, 4.69) is 9.97 Å². The van der Waals surface area contributed by atoms with Gasteiger partial charge < -0.3 is 10.7 Å². The molecule has 1 aliphatic rings. The van der Waals surface area contributed by atoms with E-state index in [0.717, 1.165) is 12.8 Å². The summed E-state index contributed by atoms with van der Waals surface area (Å²) in [5.74, 6) is -0.0873. The van der Waals surface area contributed by atoms with Gasteiger partial charge in [0.25, 0.3) is 10.0 Å². The summed E-state index contributed by atoms with van der Waals surface area (Å²) in [6.45, 7) is 1.98. The predicted octanol–water partition coefficient (Wildman–Crippen LogP) is -0.253. The van der Waals surface area contributed by atoms with Crippen molar-refractivity contribution in [3.8, 4) is 0 Å². The molecule has 0 saturated carbocycles. The van der Waals surface area contributed by atoms with Gasteiger partial charge in [0.15, 0.2) is 5.03 Å². The molecule has 1 aromatic heterocycles. The molecule has 1 aliphatic heterocycles. The molecule has 0 aliphatic carbocycles. The Morgan fingerprint density at radius 3 is 2.83 bits per heavy atom. The number of piperidine rings is 1. The Balaban J connectivity index is 2.36. The highest BCUT2D eigenvalue weighted by molar-refractivity contribution is 7.89. The number of carbonyl (C=O) groups is 1. The summed E-state index contributed by atoms with van der Waals surface area (Å²) in [6, 6.07) is -0.757. The first-order chi connectivity index (χ1) is 8.43. The second-order valence-electron chi connectivity index (χ2n) is 4.36. The van der Waals surface area contributed by atoms with Crippen LogP contribution in [0, 0.1) is 6.92 Å². The SMILES string of the molecule is Cc1ncc(S(=O)(=O)N2CCCCC2C(N)=O)[nH]1. The van der Waals surface area contributed by atoms with Crippen LogP contribution in [0.5, 0.6) is 0 Å². The van der Waals surface area contributed by atoms with Crippen molar-refractivity contribution in [3.05, 3.63) is 12.0 Å². The number of hydrogen-bond donors (Lipinski definition) is 2. The lowest BCUT2D eigenvalue weighted by molar-refractivity contribution is -0.122. The van der Waals surface area contributed by atoms with Crippen molar-refractivity contribution >= 4 is 15.9 Å². The third kappa shape index (κ3) is 2.25. The lowest BCUT2D eigenvalue weighted by Gasteiger charge is -2.31. The normalized spacial score (nSPS) is 21.9. The molecule has 0 aromatic carbocycles. The van der Waals surface area contributed by atoms with E-state index in [1.807, 2.05) is 0 Å². The number of aromatic amines is 1. The topological polar surface area (TPSA) is 109 Å². The van der Waals surface area contributed by atoms with Crippen LogP contribution in [0.4, 0.5) is 0 Å². The van der Waals surface area contributed by atoms with Crippen LogP contribution in [-0.4, -0.2) is 41.2 Å². The van der Waals surface area contributed by atoms with E-state index in [4.69, 9.17) is 5.73 Å². The second kappa shape index (κ2) is 4.69. The lowest BCUT2D eigenvalue weighted by atomic mass is 10.0. The molecule has 100 valence electrons. The first-order valence-corrected chi connectivity index (χ1v) is 7.19. The zero-order valence-corrected chi connectivity index (χ0v) is 10.9. The van der Waals surface area contributed by atoms with Crippen LogP contribution in [0.3, 0.4) is 0 Å². The zero-order chi connectivity index (χ0) is 13.3. The molecule has 18 heavy (non-hydrogen) atoms. The number of hydrogen-bond acceptors (Lipinski definition) is 4. The molecule has 3 N–H and O–H groups in total. The fourth-order valence-electron chi connectivity index (χ4n) is 2.13. The number of primary amides is 1. The highest BCUT2D eigenvalue weighted by atomic mass is 32.2. The summed E-state index contributed by atoms with van der Waals surface area (Å²) in [4.78, 5) is 17.9. The minimum Gasteiger partial charge on any atom is -0.368 e. The van der Waals surface area contributed by atoms with Gasteiger partial charge in [-0.1, -0.05) is 6.42 Å². The summed E-state index contributed by atoms with van der Waals surface area (Å²) in [6.07, 6.45) is 3.27. The lowest BCUT2D eigenvalue weighted by Crippen LogP contribution is -2.50. The van der Waals surface area contributed by atoms with Crippen molar-refractivity contribution in [2.75, 3.05) is 6.54 Å². The maximum atomic E-state index is 12.4. The third-order valence-corrected chi connectivity index (χ3v) is 4.87. The second-order valence-corrected chi connectivity index (χ2v) is 6.22. The molecule has 0 bridgehead atoms. The predicted molar refractivity (Wildman–Crippen MR) is 64.0 cm³/mol. The molecular weight excluding hydrogens is 256 g/mol. The number of nitrogens with zero attached hydrogens (tertiary/aromatic N) is 2. The molecule has 0 spiro atoms. The van der Waals surface area contributed by atoms with Gasteiger partial charge in [-0.25, -0.2) is 13.4 Å². The fourth-order valence-corrected chi connectivity index (χ4v) is 3.76. The van der Waals surface area contributed by atoms with Gasteiger partial charge in [-0.15, -0.1) is 0 Å². The minimum atomic E-state index is -3.72. The smallest absolute Gasteiger partial charge is 0.260 e. The molecule has 1 unspecified atom stereocenters. The highest BCUT2D eigenvalue weighted by Gasteiger charge is 2.37. The third-order valence-electron chi connectivity index (χ3n) is 3.05. The number of nitrogens with one attached hydrogen (secondary N) is 1. The number of rotatable bonds is 3. The number of aryl methyl sites for hydroxylation is 1. The summed E-state index contributed by atoms with van der Waals surface area (Å²) in [5, 5.41) is 0.00755. The van der Waals surface area contributed by atoms with Crippen molar-refractivity contribution in [3.63, 3.8) is 0 Å². The monoisotopic (exact) mass is 272 g/mol. The van der Waals surface area contributed by atoms with Crippen LogP contribution in [0.1, 0.15) is 25.1 Å². The van der Waals surface area contributed by atoms with Crippen LogP contribution in [0.15, 0.2) is 11.2 Å². The number of nitrogens with two attached hydrogens (primary N) is 1. The Hall–Kier alpha value is -1.41. The Kier molecular flexibility index (Phi) is 3.40. The van der Waals surface area contributed by atoms with Gasteiger partial charge in [0, 0.05) is 6.54 Å². The molecule has 1 amide bonds. The van der Waals surface area contributed by atoms with E-state index in [0.29, 0.717) is 18.8 Å². The average Bonchev–Trinajstić information content (AvgIpc) is 2.76. The molecule has 1 saturated heterocycles. The molecule has 7 nitrogen and oxygen atoms in total. The highest BCUT2D eigenvalue weighted by Crippen LogP contribution is 2.24. The van der Waals surface area contributed by atoms with Crippen LogP contribution >= 0.6 is 0 Å². The average molecular weight is 272 g/mol. The van der Waals surface area contributed by atoms with Gasteiger partial charge in [-0.2, -0.15) is 4.31 Å². The standard InChI is InChI=1S/C10H16N4O3S/c1-7-12-6-9(13-7)18(16,17)14-5-3-2-4-8(14)10(11)15/h6,8H,2-5H2,1H3,(H2,11,15)(H,12,13). The number of carbonyl (C=O) groups excluding carboxylic acids is 1. The molecule has 2 rings (SSSR count). The molecule has 8 heteroatoms. The minimum absolute atomic E-state index is 0.00755. The number of H-pyrrole nitrogens is 1. The summed E-state index contributed by atoms with van der Waals surface area (Å²) < 4.78 is 25.9. The first-order valence-electron chi connectivity index (χ1n) is 5.75. The number of amides is 1. The van der Waals surface area contributed by atoms with Gasteiger partial charge in [0.1, 0.15) is 11.9 Å². The Labute approximate surface area is 105 Å². The first kappa shape index (κ1) is 13.0. The number of aromatic nitrogens is 2. The molecule has 1 fully saturated rings. The summed E-state index contributed by atoms with van der Waals surface area (Å²) >= 11 is 0. The molecule has 1 atom stereocenters. The van der Waals surface area contributed by atoms with E-state index in [1.54, 1.807) is 6.92 Å². The van der Waals surface area contributed by atoms with E-state index >= 15 is 0 Å². The summed E-state index contributed by atoms with van der Waals surface area (Å²) in [5.41, 5.74) is 5.27. The van der Waals surface area contributed by atoms with Crippen LogP contribution in [-0.2, 0) is 14.8 Å². The number of imidazole rings is 1. The molecule has 2 heterocycles. The number of sulfonamides is 1. The zero-order valence-electron chi connectivity index (χ0n) is 10.1. The van der Waals surface area contributed by atoms with Gasteiger partial charge in [0.05, 0.1) is 6.20 Å². The maximum absolute atomic E-state index is 12.4. The Bertz CT molecular complexity index is 551. The van der Waals surface area contributed by atoms with Crippen molar-refractivity contribution in [2.45, 2.75) is 37.3 Å². The maximum Gasteiger partial charge on any atom is 0.260 e. The quantitative estimate of drug-likeness (QED) is 0.790. The molecule has 1 aromatic rings.